The molecule has 24 heavy (non-hydrogen) atoms. The van der Waals surface area contributed by atoms with Gasteiger partial charge in [-0.05, 0) is 17.7 Å². The van der Waals surface area contributed by atoms with E-state index >= 15 is 0 Å². The van der Waals surface area contributed by atoms with Gasteiger partial charge in [0, 0.05) is 20.2 Å². The standard InChI is InChI=1S/C19H23NO4/c1-21-14-23-16-9-5-6-10-17(16)24-19(15-7-3-2-4-8-15)18-13-20-11-12-22-18/h2-10,18-20H,11-14H2,1H3. The minimum atomic E-state index is -0.216. The van der Waals surface area contributed by atoms with Gasteiger partial charge in [-0.3, -0.25) is 0 Å². The van der Waals surface area contributed by atoms with Crippen molar-refractivity contribution in [3.63, 3.8) is 0 Å². The van der Waals surface area contributed by atoms with Crippen molar-refractivity contribution < 1.29 is 18.9 Å². The first-order valence-corrected chi connectivity index (χ1v) is 8.13. The van der Waals surface area contributed by atoms with Crippen molar-refractivity contribution in [2.24, 2.45) is 0 Å². The molecule has 1 aliphatic rings. The van der Waals surface area contributed by atoms with Crippen molar-refractivity contribution in [3.8, 4) is 11.5 Å². The third kappa shape index (κ3) is 4.26. The van der Waals surface area contributed by atoms with E-state index in [0.29, 0.717) is 18.1 Å². The van der Waals surface area contributed by atoms with E-state index in [1.807, 2.05) is 42.5 Å². The SMILES string of the molecule is COCOc1ccccc1OC(c1ccccc1)C1CNCCO1. The Bertz CT molecular complexity index is 614. The van der Waals surface area contributed by atoms with E-state index < -0.39 is 0 Å². The Morgan fingerprint density at radius 2 is 1.83 bits per heavy atom. The Balaban J connectivity index is 1.84. The zero-order chi connectivity index (χ0) is 16.6. The molecule has 2 aromatic carbocycles. The number of para-hydroxylation sites is 2. The molecular weight excluding hydrogens is 306 g/mol. The van der Waals surface area contributed by atoms with Crippen molar-refractivity contribution >= 4 is 0 Å². The van der Waals surface area contributed by atoms with Crippen LogP contribution in [0.2, 0.25) is 0 Å². The quantitative estimate of drug-likeness (QED) is 0.792. The van der Waals surface area contributed by atoms with Crippen LogP contribution in [0.5, 0.6) is 11.5 Å². The molecule has 2 aromatic rings. The first kappa shape index (κ1) is 16.8. The molecule has 0 saturated carbocycles. The van der Waals surface area contributed by atoms with Gasteiger partial charge in [0.15, 0.2) is 24.4 Å². The highest BCUT2D eigenvalue weighted by Crippen LogP contribution is 2.33. The molecule has 0 bridgehead atoms. The van der Waals surface area contributed by atoms with Gasteiger partial charge in [-0.25, -0.2) is 0 Å². The third-order valence-electron chi connectivity index (χ3n) is 3.86. The molecular formula is C19H23NO4. The Kier molecular flexibility index (Phi) is 6.07. The van der Waals surface area contributed by atoms with E-state index in [1.54, 1.807) is 7.11 Å². The average molecular weight is 329 g/mol. The van der Waals surface area contributed by atoms with Gasteiger partial charge in [-0.2, -0.15) is 0 Å². The van der Waals surface area contributed by atoms with E-state index in [4.69, 9.17) is 18.9 Å². The van der Waals surface area contributed by atoms with Crippen LogP contribution in [0.25, 0.3) is 0 Å². The zero-order valence-electron chi connectivity index (χ0n) is 13.8. The van der Waals surface area contributed by atoms with Crippen molar-refractivity contribution in [2.75, 3.05) is 33.6 Å². The molecule has 1 saturated heterocycles. The highest BCUT2D eigenvalue weighted by atomic mass is 16.7. The minimum absolute atomic E-state index is 0.0587. The van der Waals surface area contributed by atoms with E-state index in [-0.39, 0.29) is 19.0 Å². The lowest BCUT2D eigenvalue weighted by Crippen LogP contribution is -2.43. The monoisotopic (exact) mass is 329 g/mol. The fourth-order valence-corrected chi connectivity index (χ4v) is 2.71. The van der Waals surface area contributed by atoms with Gasteiger partial charge < -0.3 is 24.3 Å². The largest absolute Gasteiger partial charge is 0.479 e. The van der Waals surface area contributed by atoms with Crippen LogP contribution in [0.4, 0.5) is 0 Å². The van der Waals surface area contributed by atoms with Gasteiger partial charge >= 0.3 is 0 Å². The summed E-state index contributed by atoms with van der Waals surface area (Å²) in [6.45, 7) is 2.48. The van der Waals surface area contributed by atoms with Crippen LogP contribution in [-0.4, -0.2) is 39.7 Å². The molecule has 2 unspecified atom stereocenters. The van der Waals surface area contributed by atoms with Gasteiger partial charge in [0.1, 0.15) is 6.10 Å². The lowest BCUT2D eigenvalue weighted by molar-refractivity contribution is -0.0448. The van der Waals surface area contributed by atoms with Crippen LogP contribution in [0.3, 0.4) is 0 Å². The number of nitrogens with one attached hydrogen (secondary N) is 1. The van der Waals surface area contributed by atoms with Crippen LogP contribution in [0, 0.1) is 0 Å². The molecule has 0 amide bonds. The van der Waals surface area contributed by atoms with E-state index in [2.05, 4.69) is 17.4 Å². The van der Waals surface area contributed by atoms with Gasteiger partial charge in [-0.15, -0.1) is 0 Å². The van der Waals surface area contributed by atoms with Gasteiger partial charge in [0.2, 0.25) is 0 Å². The summed E-state index contributed by atoms with van der Waals surface area (Å²) in [5.41, 5.74) is 1.08. The normalized spacial score (nSPS) is 18.8. The molecule has 0 aromatic heterocycles. The predicted octanol–water partition coefficient (Wildman–Crippen LogP) is 2.78. The second kappa shape index (κ2) is 8.68. The molecule has 1 heterocycles. The van der Waals surface area contributed by atoms with Crippen LogP contribution in [0.1, 0.15) is 11.7 Å². The summed E-state index contributed by atoms with van der Waals surface area (Å²) in [6.07, 6.45) is -0.275. The summed E-state index contributed by atoms with van der Waals surface area (Å²) < 4.78 is 22.9. The number of rotatable bonds is 7. The number of benzene rings is 2. The molecule has 0 radical (unpaired) electrons. The molecule has 0 spiro atoms. The molecule has 1 fully saturated rings. The van der Waals surface area contributed by atoms with Crippen LogP contribution < -0.4 is 14.8 Å². The predicted molar refractivity (Wildman–Crippen MR) is 91.4 cm³/mol. The van der Waals surface area contributed by atoms with Gasteiger partial charge in [-0.1, -0.05) is 42.5 Å². The van der Waals surface area contributed by atoms with Crippen molar-refractivity contribution in [1.82, 2.24) is 5.32 Å². The topological polar surface area (TPSA) is 49.0 Å². The maximum Gasteiger partial charge on any atom is 0.188 e. The molecule has 5 heteroatoms. The van der Waals surface area contributed by atoms with Crippen LogP contribution >= 0.6 is 0 Å². The summed E-state index contributed by atoms with van der Waals surface area (Å²) in [4.78, 5) is 0. The Morgan fingerprint density at radius 1 is 1.08 bits per heavy atom. The van der Waals surface area contributed by atoms with Gasteiger partial charge in [0.05, 0.1) is 6.61 Å². The lowest BCUT2D eigenvalue weighted by atomic mass is 10.0. The summed E-state index contributed by atoms with van der Waals surface area (Å²) in [7, 11) is 1.60. The summed E-state index contributed by atoms with van der Waals surface area (Å²) in [6, 6.07) is 17.7. The zero-order valence-corrected chi connectivity index (χ0v) is 13.8. The average Bonchev–Trinajstić information content (AvgIpc) is 2.66. The van der Waals surface area contributed by atoms with E-state index in [0.717, 1.165) is 18.7 Å². The number of ether oxygens (including phenoxy) is 4. The van der Waals surface area contributed by atoms with Crippen LogP contribution in [-0.2, 0) is 9.47 Å². The summed E-state index contributed by atoms with van der Waals surface area (Å²) in [5.74, 6) is 1.33. The second-order valence-electron chi connectivity index (χ2n) is 5.56. The molecule has 2 atom stereocenters. The van der Waals surface area contributed by atoms with Crippen LogP contribution in [0.15, 0.2) is 54.6 Å². The van der Waals surface area contributed by atoms with E-state index in [1.165, 1.54) is 0 Å². The lowest BCUT2D eigenvalue weighted by Gasteiger charge is -2.32. The first-order chi connectivity index (χ1) is 11.9. The van der Waals surface area contributed by atoms with Crippen molar-refractivity contribution in [2.45, 2.75) is 12.2 Å². The number of hydrogen-bond donors (Lipinski definition) is 1. The Hall–Kier alpha value is -2.08. The minimum Gasteiger partial charge on any atom is -0.479 e. The fraction of sp³-hybridized carbons (Fsp3) is 0.368. The summed E-state index contributed by atoms with van der Waals surface area (Å²) >= 11 is 0. The number of methoxy groups -OCH3 is 1. The fourth-order valence-electron chi connectivity index (χ4n) is 2.71. The molecule has 5 nitrogen and oxygen atoms in total. The molecule has 1 N–H and O–H groups in total. The second-order valence-corrected chi connectivity index (χ2v) is 5.56. The third-order valence-corrected chi connectivity index (χ3v) is 3.86. The highest BCUT2D eigenvalue weighted by Gasteiger charge is 2.28. The first-order valence-electron chi connectivity index (χ1n) is 8.13. The molecule has 3 rings (SSSR count). The number of morpholine rings is 1. The highest BCUT2D eigenvalue weighted by molar-refractivity contribution is 5.40. The van der Waals surface area contributed by atoms with Gasteiger partial charge in [0.25, 0.3) is 0 Å². The molecule has 0 aliphatic carbocycles. The van der Waals surface area contributed by atoms with E-state index in [9.17, 15) is 0 Å². The summed E-state index contributed by atoms with van der Waals surface area (Å²) in [5, 5.41) is 3.36. The van der Waals surface area contributed by atoms with Crippen molar-refractivity contribution in [1.29, 1.82) is 0 Å². The molecule has 128 valence electrons. The Morgan fingerprint density at radius 3 is 2.54 bits per heavy atom. The smallest absolute Gasteiger partial charge is 0.188 e. The molecule has 1 aliphatic heterocycles. The maximum absolute atomic E-state index is 6.32. The maximum atomic E-state index is 6.32. The Labute approximate surface area is 142 Å². The van der Waals surface area contributed by atoms with Crippen molar-refractivity contribution in [3.05, 3.63) is 60.2 Å². The number of hydrogen-bond acceptors (Lipinski definition) is 5.